The topological polar surface area (TPSA) is 65.5 Å². The largest absolute Gasteiger partial charge is 0.357 e. The number of aryl methyl sites for hydroxylation is 1. The van der Waals surface area contributed by atoms with Crippen molar-refractivity contribution in [2.75, 3.05) is 19.6 Å². The van der Waals surface area contributed by atoms with Gasteiger partial charge in [-0.3, -0.25) is 4.79 Å². The molecule has 0 aromatic heterocycles. The third-order valence-corrected chi connectivity index (χ3v) is 4.01. The number of carbonyl (C=O) groups is 1. The van der Waals surface area contributed by atoms with E-state index in [1.807, 2.05) is 37.3 Å². The summed E-state index contributed by atoms with van der Waals surface area (Å²) < 4.78 is 0. The Morgan fingerprint density at radius 1 is 0.963 bits per heavy atom. The number of aliphatic imine (C=N–C) groups is 1. The van der Waals surface area contributed by atoms with Crippen LogP contribution < -0.4 is 16.0 Å². The van der Waals surface area contributed by atoms with Gasteiger partial charge in [-0.25, -0.2) is 4.99 Å². The molecule has 0 saturated carbocycles. The fourth-order valence-corrected chi connectivity index (χ4v) is 2.51. The van der Waals surface area contributed by atoms with Crippen molar-refractivity contribution in [3.8, 4) is 0 Å². The Morgan fingerprint density at radius 3 is 2.37 bits per heavy atom. The lowest BCUT2D eigenvalue weighted by Gasteiger charge is -2.12. The van der Waals surface area contributed by atoms with Crippen LogP contribution in [0.3, 0.4) is 0 Å². The molecule has 0 unspecified atom stereocenters. The zero-order valence-electron chi connectivity index (χ0n) is 16.0. The second-order valence-electron chi connectivity index (χ2n) is 6.06. The highest BCUT2D eigenvalue weighted by molar-refractivity contribution is 14.0. The maximum Gasteiger partial charge on any atom is 0.239 e. The lowest BCUT2D eigenvalue weighted by Crippen LogP contribution is -2.43. The van der Waals surface area contributed by atoms with E-state index in [1.54, 1.807) is 0 Å². The molecule has 0 aliphatic heterocycles. The highest BCUT2D eigenvalue weighted by atomic mass is 127. The molecule has 146 valence electrons. The number of nitrogens with one attached hydrogen (secondary N) is 3. The average molecular weight is 480 g/mol. The number of guanidine groups is 1. The molecule has 3 N–H and O–H groups in total. The Hall–Kier alpha value is -2.09. The average Bonchev–Trinajstić information content (AvgIpc) is 2.66. The Kier molecular flexibility index (Phi) is 11.2. The Bertz CT molecular complexity index is 719. The van der Waals surface area contributed by atoms with E-state index in [9.17, 15) is 4.79 Å². The summed E-state index contributed by atoms with van der Waals surface area (Å²) in [6.45, 7) is 6.24. The number of rotatable bonds is 8. The molecule has 0 atom stereocenters. The number of hydrogen-bond donors (Lipinski definition) is 3. The zero-order valence-corrected chi connectivity index (χ0v) is 18.3. The van der Waals surface area contributed by atoms with Crippen LogP contribution in [0, 0.1) is 6.92 Å². The summed E-state index contributed by atoms with van der Waals surface area (Å²) in [5.74, 6) is 0.608. The summed E-state index contributed by atoms with van der Waals surface area (Å²) in [7, 11) is 0. The quantitative estimate of drug-likeness (QED) is 0.309. The molecule has 6 heteroatoms. The monoisotopic (exact) mass is 480 g/mol. The van der Waals surface area contributed by atoms with Crippen LogP contribution in [0.5, 0.6) is 0 Å². The van der Waals surface area contributed by atoms with Crippen LogP contribution >= 0.6 is 24.0 Å². The summed E-state index contributed by atoms with van der Waals surface area (Å²) in [6.07, 6.45) is 0.827. The molecule has 1 amide bonds. The first-order valence-corrected chi connectivity index (χ1v) is 9.06. The van der Waals surface area contributed by atoms with E-state index in [1.165, 1.54) is 16.7 Å². The van der Waals surface area contributed by atoms with Crippen molar-refractivity contribution in [3.63, 3.8) is 0 Å². The molecule has 0 bridgehead atoms. The van der Waals surface area contributed by atoms with Gasteiger partial charge in [0.15, 0.2) is 5.96 Å². The van der Waals surface area contributed by atoms with Gasteiger partial charge in [0.1, 0.15) is 0 Å². The molecule has 0 aliphatic carbocycles. The standard InChI is InChI=1S/C21H28N4O.HI/c1-3-22-21(24-15-19-12-8-7-9-17(19)2)25-16-20(26)23-14-13-18-10-5-4-6-11-18;/h4-12H,3,13-16H2,1-2H3,(H,23,26)(H2,22,24,25);1H. The third kappa shape index (κ3) is 8.90. The maximum atomic E-state index is 12.0. The van der Waals surface area contributed by atoms with Gasteiger partial charge >= 0.3 is 0 Å². The third-order valence-electron chi connectivity index (χ3n) is 4.01. The SMILES string of the molecule is CCNC(=NCc1ccccc1C)NCC(=O)NCCc1ccccc1.I. The smallest absolute Gasteiger partial charge is 0.239 e. The molecule has 0 heterocycles. The number of carbonyl (C=O) groups excluding carboxylic acids is 1. The molecule has 2 rings (SSSR count). The molecule has 0 fully saturated rings. The van der Waals surface area contributed by atoms with Gasteiger partial charge in [0.2, 0.25) is 5.91 Å². The zero-order chi connectivity index (χ0) is 18.6. The number of nitrogens with zero attached hydrogens (tertiary/aromatic N) is 1. The lowest BCUT2D eigenvalue weighted by atomic mass is 10.1. The van der Waals surface area contributed by atoms with Crippen molar-refractivity contribution in [2.24, 2.45) is 4.99 Å². The Morgan fingerprint density at radius 2 is 1.67 bits per heavy atom. The number of amides is 1. The van der Waals surface area contributed by atoms with Crippen LogP contribution in [0.15, 0.2) is 59.6 Å². The van der Waals surface area contributed by atoms with Gasteiger partial charge in [-0.05, 0) is 37.0 Å². The molecular weight excluding hydrogens is 451 g/mol. The first-order valence-electron chi connectivity index (χ1n) is 9.06. The van der Waals surface area contributed by atoms with Crippen molar-refractivity contribution < 1.29 is 4.79 Å². The summed E-state index contributed by atoms with van der Waals surface area (Å²) in [5, 5.41) is 9.18. The number of halogens is 1. The molecule has 0 saturated heterocycles. The van der Waals surface area contributed by atoms with Crippen molar-refractivity contribution in [3.05, 3.63) is 71.3 Å². The fraction of sp³-hybridized carbons (Fsp3) is 0.333. The van der Waals surface area contributed by atoms with Crippen LogP contribution in [0.4, 0.5) is 0 Å². The van der Waals surface area contributed by atoms with Crippen LogP contribution in [0.1, 0.15) is 23.6 Å². The Balaban J connectivity index is 0.00000364. The molecule has 0 radical (unpaired) electrons. The molecule has 0 spiro atoms. The molecule has 2 aromatic carbocycles. The first kappa shape index (κ1) is 23.0. The van der Waals surface area contributed by atoms with Crippen LogP contribution in [-0.2, 0) is 17.8 Å². The number of benzene rings is 2. The van der Waals surface area contributed by atoms with E-state index >= 15 is 0 Å². The van der Waals surface area contributed by atoms with E-state index in [2.05, 4.69) is 52.1 Å². The highest BCUT2D eigenvalue weighted by Gasteiger charge is 2.04. The van der Waals surface area contributed by atoms with Gasteiger partial charge in [-0.2, -0.15) is 0 Å². The maximum absolute atomic E-state index is 12.0. The lowest BCUT2D eigenvalue weighted by molar-refractivity contribution is -0.119. The van der Waals surface area contributed by atoms with E-state index in [-0.39, 0.29) is 36.4 Å². The summed E-state index contributed by atoms with van der Waals surface area (Å²) in [6, 6.07) is 18.3. The van der Waals surface area contributed by atoms with E-state index in [4.69, 9.17) is 0 Å². The predicted octanol–water partition coefficient (Wildman–Crippen LogP) is 3.03. The normalized spacial score (nSPS) is 10.7. The molecule has 5 nitrogen and oxygen atoms in total. The first-order chi connectivity index (χ1) is 12.7. The van der Waals surface area contributed by atoms with Gasteiger partial charge in [-0.15, -0.1) is 24.0 Å². The molecule has 0 aliphatic rings. The molecule has 2 aromatic rings. The fourth-order valence-electron chi connectivity index (χ4n) is 2.51. The van der Waals surface area contributed by atoms with Gasteiger partial charge in [-0.1, -0.05) is 54.6 Å². The van der Waals surface area contributed by atoms with Crippen molar-refractivity contribution in [1.29, 1.82) is 0 Å². The second-order valence-corrected chi connectivity index (χ2v) is 6.06. The second kappa shape index (κ2) is 13.1. The summed E-state index contributed by atoms with van der Waals surface area (Å²) in [4.78, 5) is 16.6. The minimum atomic E-state index is -0.0394. The van der Waals surface area contributed by atoms with Crippen molar-refractivity contribution >= 4 is 35.8 Å². The minimum absolute atomic E-state index is 0. The number of hydrogen-bond acceptors (Lipinski definition) is 2. The minimum Gasteiger partial charge on any atom is -0.357 e. The van der Waals surface area contributed by atoms with Gasteiger partial charge < -0.3 is 16.0 Å². The van der Waals surface area contributed by atoms with Crippen LogP contribution in [0.2, 0.25) is 0 Å². The van der Waals surface area contributed by atoms with E-state index in [0.717, 1.165) is 13.0 Å². The van der Waals surface area contributed by atoms with Crippen molar-refractivity contribution in [2.45, 2.75) is 26.8 Å². The van der Waals surface area contributed by atoms with Gasteiger partial charge in [0.25, 0.3) is 0 Å². The Labute approximate surface area is 179 Å². The van der Waals surface area contributed by atoms with Crippen LogP contribution in [-0.4, -0.2) is 31.5 Å². The van der Waals surface area contributed by atoms with Crippen LogP contribution in [0.25, 0.3) is 0 Å². The van der Waals surface area contributed by atoms with E-state index in [0.29, 0.717) is 19.0 Å². The van der Waals surface area contributed by atoms with Gasteiger partial charge in [0, 0.05) is 13.1 Å². The predicted molar refractivity (Wildman–Crippen MR) is 123 cm³/mol. The highest BCUT2D eigenvalue weighted by Crippen LogP contribution is 2.07. The molecular formula is C21H29IN4O. The molecule has 27 heavy (non-hydrogen) atoms. The van der Waals surface area contributed by atoms with Crippen molar-refractivity contribution in [1.82, 2.24) is 16.0 Å². The van der Waals surface area contributed by atoms with E-state index < -0.39 is 0 Å². The van der Waals surface area contributed by atoms with Gasteiger partial charge in [0.05, 0.1) is 13.1 Å². The summed E-state index contributed by atoms with van der Waals surface area (Å²) >= 11 is 0. The summed E-state index contributed by atoms with van der Waals surface area (Å²) in [5.41, 5.74) is 3.61.